The van der Waals surface area contributed by atoms with Crippen molar-refractivity contribution < 1.29 is 15.0 Å². The first-order valence-electron chi connectivity index (χ1n) is 7.35. The van der Waals surface area contributed by atoms with Crippen LogP contribution in [0.5, 0.6) is 0 Å². The van der Waals surface area contributed by atoms with Crippen molar-refractivity contribution in [1.29, 1.82) is 0 Å². The number of likely N-dealkylation sites (tertiary alicyclic amines) is 1. The third-order valence-corrected chi connectivity index (χ3v) is 4.01. The molecule has 1 aliphatic heterocycles. The Hall–Kier alpha value is -1.39. The van der Waals surface area contributed by atoms with E-state index in [1.54, 1.807) is 0 Å². The number of hydrogen-bond acceptors (Lipinski definition) is 3. The second kappa shape index (κ2) is 7.41. The summed E-state index contributed by atoms with van der Waals surface area (Å²) in [4.78, 5) is 12.9. The maximum absolute atomic E-state index is 10.6. The maximum Gasteiger partial charge on any atom is 0.303 e. The van der Waals surface area contributed by atoms with Crippen LogP contribution in [0.3, 0.4) is 0 Å². The van der Waals surface area contributed by atoms with Crippen molar-refractivity contribution in [3.8, 4) is 0 Å². The van der Waals surface area contributed by atoms with Gasteiger partial charge in [-0.15, -0.1) is 0 Å². The van der Waals surface area contributed by atoms with Crippen LogP contribution >= 0.6 is 0 Å². The largest absolute Gasteiger partial charge is 0.481 e. The van der Waals surface area contributed by atoms with Crippen LogP contribution < -0.4 is 0 Å². The van der Waals surface area contributed by atoms with Crippen LogP contribution in [0.1, 0.15) is 43.8 Å². The molecule has 2 unspecified atom stereocenters. The van der Waals surface area contributed by atoms with Crippen molar-refractivity contribution in [3.63, 3.8) is 0 Å². The predicted molar refractivity (Wildman–Crippen MR) is 77.5 cm³/mol. The van der Waals surface area contributed by atoms with E-state index >= 15 is 0 Å². The first kappa shape index (κ1) is 15.0. The Labute approximate surface area is 120 Å². The van der Waals surface area contributed by atoms with Gasteiger partial charge < -0.3 is 15.1 Å². The van der Waals surface area contributed by atoms with E-state index in [1.165, 1.54) is 0 Å². The zero-order valence-electron chi connectivity index (χ0n) is 11.7. The average molecular weight is 277 g/mol. The first-order valence-corrected chi connectivity index (χ1v) is 7.35. The van der Waals surface area contributed by atoms with Crippen molar-refractivity contribution in [2.75, 3.05) is 13.1 Å². The summed E-state index contributed by atoms with van der Waals surface area (Å²) in [6.07, 6.45) is 3.45. The number of benzene rings is 1. The van der Waals surface area contributed by atoms with Crippen molar-refractivity contribution in [2.45, 2.75) is 44.2 Å². The molecular formula is C16H23NO3. The Bertz CT molecular complexity index is 421. The van der Waals surface area contributed by atoms with Crippen molar-refractivity contribution in [3.05, 3.63) is 35.9 Å². The fourth-order valence-corrected chi connectivity index (χ4v) is 2.96. The minimum absolute atomic E-state index is 0.227. The summed E-state index contributed by atoms with van der Waals surface area (Å²) >= 11 is 0. The maximum atomic E-state index is 10.6. The highest BCUT2D eigenvalue weighted by molar-refractivity contribution is 5.66. The molecule has 20 heavy (non-hydrogen) atoms. The van der Waals surface area contributed by atoms with E-state index in [0.717, 1.165) is 37.9 Å². The molecule has 0 saturated carbocycles. The third kappa shape index (κ3) is 4.32. The van der Waals surface area contributed by atoms with Crippen molar-refractivity contribution in [2.24, 2.45) is 0 Å². The smallest absolute Gasteiger partial charge is 0.303 e. The molecule has 1 fully saturated rings. The quantitative estimate of drug-likeness (QED) is 0.803. The summed E-state index contributed by atoms with van der Waals surface area (Å²) in [5.41, 5.74) is 0.963. The molecule has 0 aliphatic carbocycles. The molecule has 4 heteroatoms. The van der Waals surface area contributed by atoms with Gasteiger partial charge in [0.15, 0.2) is 0 Å². The fraction of sp³-hybridized carbons (Fsp3) is 0.562. The van der Waals surface area contributed by atoms with Gasteiger partial charge in [0.05, 0.1) is 6.10 Å². The molecule has 0 spiro atoms. The average Bonchev–Trinajstić information content (AvgIpc) is 2.87. The van der Waals surface area contributed by atoms with Gasteiger partial charge in [0.2, 0.25) is 0 Å². The van der Waals surface area contributed by atoms with Crippen LogP contribution in [0.25, 0.3) is 0 Å². The molecule has 2 N–H and O–H groups in total. The molecule has 1 aromatic rings. The molecule has 1 aliphatic rings. The summed E-state index contributed by atoms with van der Waals surface area (Å²) in [7, 11) is 0. The topological polar surface area (TPSA) is 60.8 Å². The number of carboxylic acid groups (broad SMARTS) is 1. The zero-order valence-corrected chi connectivity index (χ0v) is 11.7. The van der Waals surface area contributed by atoms with Gasteiger partial charge in [-0.05, 0) is 44.3 Å². The molecular weight excluding hydrogens is 254 g/mol. The number of carboxylic acids is 1. The van der Waals surface area contributed by atoms with E-state index < -0.39 is 12.1 Å². The van der Waals surface area contributed by atoms with E-state index in [1.807, 2.05) is 30.3 Å². The normalized spacial score (nSPS) is 20.9. The number of hydrogen-bond donors (Lipinski definition) is 2. The lowest BCUT2D eigenvalue weighted by Crippen LogP contribution is -2.32. The van der Waals surface area contributed by atoms with Crippen LogP contribution in [0.15, 0.2) is 30.3 Å². The molecule has 0 aromatic heterocycles. The molecule has 0 bridgehead atoms. The Morgan fingerprint density at radius 2 is 2.10 bits per heavy atom. The van der Waals surface area contributed by atoms with Gasteiger partial charge in [-0.2, -0.15) is 0 Å². The SMILES string of the molecule is O=C(O)CCCN1CCCC1CC(O)c1ccccc1. The van der Waals surface area contributed by atoms with Gasteiger partial charge in [-0.25, -0.2) is 0 Å². The number of carbonyl (C=O) groups is 1. The molecule has 1 aromatic carbocycles. The molecule has 2 rings (SSSR count). The van der Waals surface area contributed by atoms with Crippen LogP contribution in [-0.2, 0) is 4.79 Å². The highest BCUT2D eigenvalue weighted by Crippen LogP contribution is 2.27. The van der Waals surface area contributed by atoms with Gasteiger partial charge in [-0.1, -0.05) is 30.3 Å². The molecule has 1 heterocycles. The van der Waals surface area contributed by atoms with Crippen LogP contribution in [-0.4, -0.2) is 40.2 Å². The highest BCUT2D eigenvalue weighted by Gasteiger charge is 2.26. The summed E-state index contributed by atoms with van der Waals surface area (Å²) in [6, 6.07) is 10.1. The van der Waals surface area contributed by atoms with Crippen LogP contribution in [0.4, 0.5) is 0 Å². The van der Waals surface area contributed by atoms with E-state index in [0.29, 0.717) is 12.5 Å². The van der Waals surface area contributed by atoms with Gasteiger partial charge in [0.25, 0.3) is 0 Å². The van der Waals surface area contributed by atoms with Crippen molar-refractivity contribution in [1.82, 2.24) is 4.90 Å². The molecule has 0 amide bonds. The summed E-state index contributed by atoms with van der Waals surface area (Å²) in [6.45, 7) is 1.84. The van der Waals surface area contributed by atoms with Gasteiger partial charge in [-0.3, -0.25) is 4.79 Å². The molecule has 2 atom stereocenters. The second-order valence-electron chi connectivity index (χ2n) is 5.49. The van der Waals surface area contributed by atoms with E-state index in [-0.39, 0.29) is 6.42 Å². The van der Waals surface area contributed by atoms with E-state index in [4.69, 9.17) is 5.11 Å². The zero-order chi connectivity index (χ0) is 14.4. The fourth-order valence-electron chi connectivity index (χ4n) is 2.96. The minimum atomic E-state index is -0.731. The van der Waals surface area contributed by atoms with Crippen LogP contribution in [0, 0.1) is 0 Å². The van der Waals surface area contributed by atoms with Gasteiger partial charge in [0.1, 0.15) is 0 Å². The number of nitrogens with zero attached hydrogens (tertiary/aromatic N) is 1. The minimum Gasteiger partial charge on any atom is -0.481 e. The summed E-state index contributed by atoms with van der Waals surface area (Å²) < 4.78 is 0. The third-order valence-electron chi connectivity index (χ3n) is 4.01. The molecule has 0 radical (unpaired) electrons. The van der Waals surface area contributed by atoms with Crippen molar-refractivity contribution >= 4 is 5.97 Å². The second-order valence-corrected chi connectivity index (χ2v) is 5.49. The number of aliphatic hydroxyl groups excluding tert-OH is 1. The number of aliphatic carboxylic acids is 1. The summed E-state index contributed by atoms with van der Waals surface area (Å²) in [5.74, 6) is -0.731. The Balaban J connectivity index is 1.83. The van der Waals surface area contributed by atoms with E-state index in [9.17, 15) is 9.90 Å². The Morgan fingerprint density at radius 1 is 1.35 bits per heavy atom. The number of aliphatic hydroxyl groups is 1. The van der Waals surface area contributed by atoms with Gasteiger partial charge in [0, 0.05) is 12.5 Å². The lowest BCUT2D eigenvalue weighted by atomic mass is 10.0. The monoisotopic (exact) mass is 277 g/mol. The predicted octanol–water partition coefficient (Wildman–Crippen LogP) is 2.44. The Morgan fingerprint density at radius 3 is 2.80 bits per heavy atom. The molecule has 1 saturated heterocycles. The lowest BCUT2D eigenvalue weighted by molar-refractivity contribution is -0.137. The van der Waals surface area contributed by atoms with E-state index in [2.05, 4.69) is 4.90 Å². The Kier molecular flexibility index (Phi) is 5.56. The molecule has 4 nitrogen and oxygen atoms in total. The van der Waals surface area contributed by atoms with Gasteiger partial charge >= 0.3 is 5.97 Å². The first-order chi connectivity index (χ1) is 9.66. The van der Waals surface area contributed by atoms with Crippen LogP contribution in [0.2, 0.25) is 0 Å². The lowest BCUT2D eigenvalue weighted by Gasteiger charge is -2.26. The molecule has 110 valence electrons. The summed E-state index contributed by atoms with van der Waals surface area (Å²) in [5, 5.41) is 19.0. The highest BCUT2D eigenvalue weighted by atomic mass is 16.4. The standard InChI is InChI=1S/C16H23NO3/c18-15(13-6-2-1-3-7-13)12-14-8-4-10-17(14)11-5-9-16(19)20/h1-3,6-7,14-15,18H,4-5,8-12H2,(H,19,20). The number of rotatable bonds is 7.